The van der Waals surface area contributed by atoms with Crippen molar-refractivity contribution in [2.45, 2.75) is 99.3 Å². The van der Waals surface area contributed by atoms with Crippen molar-refractivity contribution in [3.63, 3.8) is 0 Å². The van der Waals surface area contributed by atoms with Gasteiger partial charge in [-0.1, -0.05) is 142 Å². The predicted molar refractivity (Wildman–Crippen MR) is 562 cm³/mol. The van der Waals surface area contributed by atoms with Gasteiger partial charge >= 0.3 is 42.1 Å². The number of aromatic nitrogens is 8. The average Bonchev–Trinajstić information content (AvgIpc) is 0.772. The van der Waals surface area contributed by atoms with Gasteiger partial charge in [-0.15, -0.1) is 0 Å². The SMILES string of the molecule is C.C.C.COC(=O)c1ccc2c(c1)CCN(C(=O)C(F)(F)F)C2.COC(=O)c1ccc2c(c1)CCN(c1ncnc3cc(OC)c(OC)cc13)C2.COC(=O)c1ccc2c(c1)CCN(c1ncnc3cc(OC)c(OC)cc13)C2.COc1cc2ncnc(Cl)c2cc1OC.COc1cc2ncnc(Cl)c2cc1OC.NCCc1cccc(Br)c1.NCCc1cccc(Br)c1.O=C(N1CCc2cc(Br)ccc2C1)C(F)(F)F. The molecule has 30 nitrogen and oxygen atoms in total. The Hall–Kier alpha value is -13.6. The quantitative estimate of drug-likeness (QED) is 0.0370. The van der Waals surface area contributed by atoms with Crippen molar-refractivity contribution in [1.29, 1.82) is 0 Å². The largest absolute Gasteiger partial charge is 0.493 e. The van der Waals surface area contributed by atoms with E-state index >= 15 is 0 Å². The van der Waals surface area contributed by atoms with E-state index in [1.54, 1.807) is 130 Å². The van der Waals surface area contributed by atoms with Gasteiger partial charge < -0.3 is 83.2 Å². The minimum absolute atomic E-state index is 0. The molecule has 0 bridgehead atoms. The van der Waals surface area contributed by atoms with Crippen LogP contribution in [0.4, 0.5) is 38.0 Å². The number of carbonyl (C=O) groups is 5. The lowest BCUT2D eigenvalue weighted by Gasteiger charge is -2.30. The lowest BCUT2D eigenvalue weighted by molar-refractivity contribution is -0.186. The second kappa shape index (κ2) is 55.7. The minimum atomic E-state index is -4.86. The third-order valence-corrected chi connectivity index (χ3v) is 24.9. The molecule has 4 aliphatic rings. The van der Waals surface area contributed by atoms with E-state index in [1.165, 1.54) is 62.3 Å². The number of nitrogens with zero attached hydrogens (tertiary/aromatic N) is 12. The first-order valence-corrected chi connectivity index (χ1v) is 47.1. The van der Waals surface area contributed by atoms with Crippen LogP contribution in [-0.4, -0.2) is 209 Å². The summed E-state index contributed by atoms with van der Waals surface area (Å²) in [7, 11) is 16.8. The molecular weight excluding hydrogens is 2140 g/mol. The third kappa shape index (κ3) is 30.8. The molecule has 4 aromatic heterocycles. The highest BCUT2D eigenvalue weighted by molar-refractivity contribution is 9.11. The lowest BCUT2D eigenvalue weighted by atomic mass is 9.97. The van der Waals surface area contributed by atoms with Crippen molar-refractivity contribution in [1.82, 2.24) is 49.7 Å². The number of anilines is 2. The minimum Gasteiger partial charge on any atom is -0.493 e. The highest BCUT2D eigenvalue weighted by Crippen LogP contribution is 2.41. The molecule has 0 unspecified atom stereocenters. The normalized spacial score (nSPS) is 12.4. The first kappa shape index (κ1) is 118. The zero-order valence-electron chi connectivity index (χ0n) is 79.5. The summed E-state index contributed by atoms with van der Waals surface area (Å²) < 4.78 is 134. The summed E-state index contributed by atoms with van der Waals surface area (Å²) in [6.07, 6.45) is 0.609. The molecule has 0 aliphatic carbocycles. The molecule has 0 saturated heterocycles. The van der Waals surface area contributed by atoms with Crippen LogP contribution < -0.4 is 59.2 Å². The van der Waals surface area contributed by atoms with Crippen molar-refractivity contribution in [2.24, 2.45) is 11.5 Å². The standard InChI is InChI=1S/2C21H21N3O4.C13H12F3NO3.C11H9BrF3NO.2C10H9ClN2O2.2C8H10BrN.3CH4/c2*1-26-18-9-16-17(10-19(18)27-2)22-12-23-20(16)24-7-6-13-8-14(21(25)28-3)4-5-15(13)11-24;1-20-11(18)9-2-3-10-7-17(5-4-8(10)6-9)12(19)13(14,15)16;12-9-2-1-8-6-16(4-3-7(8)5-9)10(17)11(13,14)15;2*1-14-8-3-6-7(4-9(8)15-2)12-5-13-10(6)11;2*9-8-3-1-2-7(6-8)4-5-10;;;/h2*4-5,8-10,12H,6-7,11H2,1-3H3;2-3,6H,4-5,7H2,1H3;1-2,5H,3-4,6H2;2*3-5H,1-2H3;2*1-3,6H,4-5,10H2;3*1H4. The van der Waals surface area contributed by atoms with Crippen molar-refractivity contribution in [3.05, 3.63) is 291 Å². The van der Waals surface area contributed by atoms with E-state index in [2.05, 4.69) is 126 Å². The molecule has 146 heavy (non-hydrogen) atoms. The number of esters is 3. The molecule has 0 atom stereocenters. The number of carbonyl (C=O) groups excluding carboxylic acids is 5. The zero-order valence-corrected chi connectivity index (χ0v) is 85.8. The number of nitrogens with two attached hydrogens (primary N) is 2. The Morgan fingerprint density at radius 1 is 0.329 bits per heavy atom. The van der Waals surface area contributed by atoms with Crippen LogP contribution in [0.5, 0.6) is 46.0 Å². The van der Waals surface area contributed by atoms with Gasteiger partial charge in [0.05, 0.1) is 117 Å². The predicted octanol–water partition coefficient (Wildman–Crippen LogP) is 21.2. The molecule has 4 aliphatic heterocycles. The summed E-state index contributed by atoms with van der Waals surface area (Å²) in [5, 5.41) is 4.13. The van der Waals surface area contributed by atoms with E-state index in [-0.39, 0.29) is 66.8 Å². The van der Waals surface area contributed by atoms with Gasteiger partial charge in [0.15, 0.2) is 46.0 Å². The summed E-state index contributed by atoms with van der Waals surface area (Å²) >= 11 is 22.0. The first-order chi connectivity index (χ1) is 68.6. The number of ether oxygens (including phenoxy) is 11. The van der Waals surface area contributed by atoms with E-state index in [0.29, 0.717) is 98.1 Å². The molecule has 776 valence electrons. The fraction of sp³-hybridized carbons (Fsp3) is 0.305. The van der Waals surface area contributed by atoms with Gasteiger partial charge in [-0.3, -0.25) is 9.59 Å². The highest BCUT2D eigenvalue weighted by Gasteiger charge is 2.44. The summed E-state index contributed by atoms with van der Waals surface area (Å²) in [5.74, 6) is 2.04. The number of methoxy groups -OCH3 is 11. The molecule has 18 rings (SSSR count). The van der Waals surface area contributed by atoms with Crippen LogP contribution >= 0.6 is 71.0 Å². The van der Waals surface area contributed by atoms with Crippen LogP contribution in [0.3, 0.4) is 0 Å². The summed E-state index contributed by atoms with van der Waals surface area (Å²) in [6, 6.07) is 52.5. The van der Waals surface area contributed by atoms with Crippen LogP contribution in [-0.2, 0) is 88.5 Å². The fourth-order valence-corrected chi connectivity index (χ4v) is 17.3. The Morgan fingerprint density at radius 2 is 0.603 bits per heavy atom. The molecule has 4 N–H and O–H groups in total. The Labute approximate surface area is 877 Å². The number of halogens is 11. The van der Waals surface area contributed by atoms with Crippen LogP contribution in [0.15, 0.2) is 209 Å². The monoisotopic (exact) mass is 2250 g/mol. The molecule has 0 radical (unpaired) electrons. The number of alkyl halides is 6. The molecule has 0 spiro atoms. The zero-order chi connectivity index (χ0) is 103. The lowest BCUT2D eigenvalue weighted by Crippen LogP contribution is -2.43. The molecule has 2 amide bonds. The van der Waals surface area contributed by atoms with Crippen LogP contribution in [0, 0.1) is 0 Å². The molecule has 8 heterocycles. The van der Waals surface area contributed by atoms with Crippen molar-refractivity contribution in [2.75, 3.05) is 127 Å². The van der Waals surface area contributed by atoms with Gasteiger partial charge in [-0.05, 0) is 204 Å². The topological polar surface area (TPSA) is 355 Å². The van der Waals surface area contributed by atoms with E-state index < -0.39 is 30.1 Å². The van der Waals surface area contributed by atoms with Gasteiger partial charge in [-0.2, -0.15) is 26.3 Å². The Morgan fingerprint density at radius 3 is 0.904 bits per heavy atom. The Bertz CT molecular complexity index is 6560. The molecule has 10 aromatic carbocycles. The van der Waals surface area contributed by atoms with Gasteiger partial charge in [0.25, 0.3) is 0 Å². The maximum atomic E-state index is 12.4. The van der Waals surface area contributed by atoms with E-state index in [1.807, 2.05) is 78.9 Å². The summed E-state index contributed by atoms with van der Waals surface area (Å²) in [5.41, 5.74) is 25.8. The van der Waals surface area contributed by atoms with Crippen molar-refractivity contribution < 1.29 is 102 Å². The number of rotatable bonds is 17. The fourth-order valence-electron chi connectivity index (χ4n) is 15.6. The van der Waals surface area contributed by atoms with Crippen molar-refractivity contribution in [3.8, 4) is 46.0 Å². The van der Waals surface area contributed by atoms with Gasteiger partial charge in [0.2, 0.25) is 0 Å². The number of benzene rings is 10. The smallest absolute Gasteiger partial charge is 0.471 e. The molecule has 0 saturated carbocycles. The van der Waals surface area contributed by atoms with Gasteiger partial charge in [-0.25, -0.2) is 54.3 Å². The number of hydrogen-bond donors (Lipinski definition) is 2. The third-order valence-electron chi connectivity index (χ3n) is 22.8. The Kier molecular flexibility index (Phi) is 44.9. The maximum absolute atomic E-state index is 12.4. The average molecular weight is 2250 g/mol. The molecule has 41 heteroatoms. The number of fused-ring (bicyclic) bond motifs is 8. The number of amides is 2. The number of hydrogen-bond acceptors (Lipinski definition) is 28. The second-order valence-electron chi connectivity index (χ2n) is 31.6. The summed E-state index contributed by atoms with van der Waals surface area (Å²) in [6.45, 7) is 4.45. The van der Waals surface area contributed by atoms with Gasteiger partial charge in [0.1, 0.15) is 47.3 Å². The van der Waals surface area contributed by atoms with E-state index in [4.69, 9.17) is 82.0 Å². The van der Waals surface area contributed by atoms with Crippen LogP contribution in [0.1, 0.15) is 109 Å². The van der Waals surface area contributed by atoms with Crippen LogP contribution in [0.25, 0.3) is 43.6 Å². The maximum Gasteiger partial charge on any atom is 0.471 e. The molecule has 14 aromatic rings. The highest BCUT2D eigenvalue weighted by atomic mass is 79.9. The van der Waals surface area contributed by atoms with E-state index in [0.717, 1.165) is 158 Å². The first-order valence-electron chi connectivity index (χ1n) is 43.9. The Balaban J connectivity index is 0.000000208. The molecule has 0 fully saturated rings. The van der Waals surface area contributed by atoms with Crippen LogP contribution in [0.2, 0.25) is 10.3 Å². The van der Waals surface area contributed by atoms with Crippen molar-refractivity contribution >= 4 is 156 Å². The summed E-state index contributed by atoms with van der Waals surface area (Å²) in [4.78, 5) is 97.0. The second-order valence-corrected chi connectivity index (χ2v) is 35.1. The van der Waals surface area contributed by atoms with Gasteiger partial charge in [0, 0.05) is 112 Å². The molecular formula is C105H113Br3Cl2F6N14O16. The van der Waals surface area contributed by atoms with E-state index in [9.17, 15) is 50.3 Å².